The second-order valence-corrected chi connectivity index (χ2v) is 11.5. The van der Waals surface area contributed by atoms with E-state index in [1.807, 2.05) is 69.3 Å². The summed E-state index contributed by atoms with van der Waals surface area (Å²) in [5.74, 6) is -2.15. The number of aliphatic carboxylic acids is 1. The second-order valence-electron chi connectivity index (χ2n) is 11.5. The fourth-order valence-electron chi connectivity index (χ4n) is 4.96. The first-order valence-corrected chi connectivity index (χ1v) is 13.9. The molecule has 1 atom stereocenters. The van der Waals surface area contributed by atoms with E-state index >= 15 is 0 Å². The van der Waals surface area contributed by atoms with Gasteiger partial charge in [0.1, 0.15) is 19.7 Å². The fourth-order valence-corrected chi connectivity index (χ4v) is 4.96. The second kappa shape index (κ2) is 13.1. The Kier molecular flexibility index (Phi) is 9.50. The minimum absolute atomic E-state index is 0.0468. The number of hydrogen-bond acceptors (Lipinski definition) is 7. The number of nitrogens with zero attached hydrogens (tertiary/aromatic N) is 2. The number of H-pyrrole nitrogens is 1. The number of amides is 2. The molecule has 0 aliphatic heterocycles. The van der Waals surface area contributed by atoms with Gasteiger partial charge in [-0.2, -0.15) is 0 Å². The van der Waals surface area contributed by atoms with Gasteiger partial charge in [-0.15, -0.1) is 0 Å². The number of carbonyl (C=O) groups excluding carboxylic acids is 2. The topological polar surface area (TPSA) is 160 Å². The van der Waals surface area contributed by atoms with Gasteiger partial charge in [0.25, 0.3) is 5.56 Å². The van der Waals surface area contributed by atoms with E-state index in [1.54, 1.807) is 0 Å². The molecule has 3 N–H and O–H groups in total. The van der Waals surface area contributed by atoms with Gasteiger partial charge < -0.3 is 24.8 Å². The third-order valence-corrected chi connectivity index (χ3v) is 7.00. The molecule has 228 valence electrons. The quantitative estimate of drug-likeness (QED) is 0.306. The van der Waals surface area contributed by atoms with E-state index in [0.29, 0.717) is 0 Å². The summed E-state index contributed by atoms with van der Waals surface area (Å²) in [5.41, 5.74) is 2.51. The third-order valence-electron chi connectivity index (χ3n) is 7.00. The van der Waals surface area contributed by atoms with Gasteiger partial charge in [0.2, 0.25) is 5.91 Å². The van der Waals surface area contributed by atoms with Crippen molar-refractivity contribution in [2.45, 2.75) is 51.8 Å². The lowest BCUT2D eigenvalue weighted by molar-refractivity contribution is -0.145. The number of aryl methyl sites for hydroxylation is 1. The molecule has 1 aliphatic carbocycles. The van der Waals surface area contributed by atoms with Gasteiger partial charge in [0, 0.05) is 24.2 Å². The van der Waals surface area contributed by atoms with Gasteiger partial charge in [-0.3, -0.25) is 23.9 Å². The number of alkyl carbamates (subject to hydrolysis) is 1. The summed E-state index contributed by atoms with van der Waals surface area (Å²) in [5, 5.41) is 12.2. The van der Waals surface area contributed by atoms with Crippen LogP contribution in [0.1, 0.15) is 43.4 Å². The molecule has 4 rings (SSSR count). The molecule has 0 bridgehead atoms. The monoisotopic (exact) mass is 592 g/mol. The molecular formula is C31H36N4O8. The predicted octanol–water partition coefficient (Wildman–Crippen LogP) is 2.48. The lowest BCUT2D eigenvalue weighted by Crippen LogP contribution is -2.51. The SMILES string of the molecule is Cc1cn(CC(=O)N(CC(=O)O)C[C@H](COC(C)(C)C)NC(=O)OCC2c3ccccc3-c3ccccc32)c(=O)[nH]c1=O. The van der Waals surface area contributed by atoms with Crippen molar-refractivity contribution in [2.24, 2.45) is 0 Å². The average molecular weight is 593 g/mol. The molecule has 0 saturated carbocycles. The maximum Gasteiger partial charge on any atom is 0.407 e. The van der Waals surface area contributed by atoms with Crippen LogP contribution in [-0.4, -0.2) is 75.5 Å². The van der Waals surface area contributed by atoms with Crippen molar-refractivity contribution in [1.82, 2.24) is 19.8 Å². The van der Waals surface area contributed by atoms with E-state index in [0.717, 1.165) is 31.7 Å². The van der Waals surface area contributed by atoms with Gasteiger partial charge in [0.05, 0.1) is 18.2 Å². The van der Waals surface area contributed by atoms with Crippen molar-refractivity contribution >= 4 is 18.0 Å². The maximum atomic E-state index is 13.2. The van der Waals surface area contributed by atoms with E-state index in [1.165, 1.54) is 13.1 Å². The van der Waals surface area contributed by atoms with Crippen LogP contribution in [-0.2, 0) is 25.6 Å². The third kappa shape index (κ3) is 7.98. The minimum Gasteiger partial charge on any atom is -0.480 e. The largest absolute Gasteiger partial charge is 0.480 e. The number of hydrogen-bond donors (Lipinski definition) is 3. The number of carboxylic acids is 1. The minimum atomic E-state index is -1.28. The molecule has 1 aromatic heterocycles. The number of carbonyl (C=O) groups is 3. The van der Waals surface area contributed by atoms with Crippen LogP contribution in [0.2, 0.25) is 0 Å². The van der Waals surface area contributed by atoms with Crippen LogP contribution in [0.25, 0.3) is 11.1 Å². The van der Waals surface area contributed by atoms with E-state index in [2.05, 4.69) is 10.3 Å². The average Bonchev–Trinajstić information content (AvgIpc) is 3.26. The molecular weight excluding hydrogens is 556 g/mol. The van der Waals surface area contributed by atoms with Crippen LogP contribution in [0.4, 0.5) is 4.79 Å². The number of nitrogens with one attached hydrogen (secondary N) is 2. The maximum absolute atomic E-state index is 13.2. The van der Waals surface area contributed by atoms with Crippen molar-refractivity contribution in [1.29, 1.82) is 0 Å². The summed E-state index contributed by atoms with van der Waals surface area (Å²) in [6.07, 6.45) is 0.479. The molecule has 2 amide bonds. The van der Waals surface area contributed by atoms with Gasteiger partial charge in [-0.1, -0.05) is 48.5 Å². The smallest absolute Gasteiger partial charge is 0.407 e. The summed E-state index contributed by atoms with van der Waals surface area (Å²) >= 11 is 0. The van der Waals surface area contributed by atoms with E-state index < -0.39 is 54.0 Å². The van der Waals surface area contributed by atoms with Crippen LogP contribution >= 0.6 is 0 Å². The summed E-state index contributed by atoms with van der Waals surface area (Å²) in [7, 11) is 0. The van der Waals surface area contributed by atoms with Gasteiger partial charge in [-0.25, -0.2) is 9.59 Å². The molecule has 0 spiro atoms. The van der Waals surface area contributed by atoms with Crippen LogP contribution in [0.15, 0.2) is 64.3 Å². The zero-order valence-corrected chi connectivity index (χ0v) is 24.6. The van der Waals surface area contributed by atoms with Crippen LogP contribution < -0.4 is 16.6 Å². The molecule has 1 heterocycles. The number of fused-ring (bicyclic) bond motifs is 3. The summed E-state index contributed by atoms with van der Waals surface area (Å²) in [4.78, 5) is 64.9. The highest BCUT2D eigenvalue weighted by Gasteiger charge is 2.30. The molecule has 1 aliphatic rings. The molecule has 0 fully saturated rings. The molecule has 12 nitrogen and oxygen atoms in total. The molecule has 12 heteroatoms. The fraction of sp³-hybridized carbons (Fsp3) is 0.387. The zero-order valence-electron chi connectivity index (χ0n) is 24.6. The van der Waals surface area contributed by atoms with Crippen molar-refractivity contribution in [3.8, 4) is 11.1 Å². The summed E-state index contributed by atoms with van der Waals surface area (Å²) in [6, 6.07) is 15.0. The lowest BCUT2D eigenvalue weighted by atomic mass is 9.98. The van der Waals surface area contributed by atoms with Crippen molar-refractivity contribution in [2.75, 3.05) is 26.3 Å². The highest BCUT2D eigenvalue weighted by Crippen LogP contribution is 2.44. The first-order valence-electron chi connectivity index (χ1n) is 13.9. The zero-order chi connectivity index (χ0) is 31.3. The van der Waals surface area contributed by atoms with Gasteiger partial charge in [-0.05, 0) is 49.9 Å². The first-order chi connectivity index (χ1) is 20.3. The Morgan fingerprint density at radius 3 is 2.23 bits per heavy atom. The normalized spacial score (nSPS) is 13.1. The lowest BCUT2D eigenvalue weighted by Gasteiger charge is -2.29. The Hall–Kier alpha value is -4.71. The van der Waals surface area contributed by atoms with Crippen LogP contribution in [0.3, 0.4) is 0 Å². The van der Waals surface area contributed by atoms with E-state index in [-0.39, 0.29) is 31.2 Å². The van der Waals surface area contributed by atoms with E-state index in [9.17, 15) is 29.1 Å². The van der Waals surface area contributed by atoms with Gasteiger partial charge >= 0.3 is 17.8 Å². The highest BCUT2D eigenvalue weighted by atomic mass is 16.5. The first kappa shape index (κ1) is 31.2. The number of aromatic nitrogens is 2. The Morgan fingerprint density at radius 2 is 1.65 bits per heavy atom. The Bertz CT molecular complexity index is 1580. The molecule has 43 heavy (non-hydrogen) atoms. The summed E-state index contributed by atoms with van der Waals surface area (Å²) < 4.78 is 12.5. The number of ether oxygens (including phenoxy) is 2. The molecule has 0 saturated heterocycles. The number of carboxylic acid groups (broad SMARTS) is 1. The van der Waals surface area contributed by atoms with Crippen molar-refractivity contribution in [3.05, 3.63) is 92.3 Å². The number of aromatic amines is 1. The molecule has 2 aromatic carbocycles. The van der Waals surface area contributed by atoms with Gasteiger partial charge in [0.15, 0.2) is 0 Å². The number of rotatable bonds is 11. The van der Waals surface area contributed by atoms with Crippen LogP contribution in [0, 0.1) is 6.92 Å². The van der Waals surface area contributed by atoms with E-state index in [4.69, 9.17) is 9.47 Å². The predicted molar refractivity (Wildman–Crippen MR) is 158 cm³/mol. The van der Waals surface area contributed by atoms with Crippen molar-refractivity contribution < 1.29 is 29.0 Å². The summed E-state index contributed by atoms with van der Waals surface area (Å²) in [6.45, 7) is 5.53. The Morgan fingerprint density at radius 1 is 1.05 bits per heavy atom. The standard InChI is InChI=1S/C31H36N4O8/c1-19-13-35(29(40)33-28(19)39)15-26(36)34(16-27(37)38)14-20(17-43-31(2,3)4)32-30(41)42-18-25-23-11-7-5-9-21(23)22-10-6-8-12-24(22)25/h5-13,20,25H,14-18H2,1-4H3,(H,32,41)(H,37,38)(H,33,39,40)/t20-/m1/s1. The Labute approximate surface area is 248 Å². The van der Waals surface area contributed by atoms with Crippen LogP contribution in [0.5, 0.6) is 0 Å². The molecule has 0 radical (unpaired) electrons. The van der Waals surface area contributed by atoms with Crippen molar-refractivity contribution in [3.63, 3.8) is 0 Å². The molecule has 3 aromatic rings. The highest BCUT2D eigenvalue weighted by molar-refractivity contribution is 5.81. The number of benzene rings is 2. The Balaban J connectivity index is 1.48. The molecule has 0 unspecified atom stereocenters.